The van der Waals surface area contributed by atoms with Gasteiger partial charge in [0.1, 0.15) is 22.8 Å². The zero-order valence-corrected chi connectivity index (χ0v) is 15.6. The Morgan fingerprint density at radius 1 is 1.19 bits per heavy atom. The van der Waals surface area contributed by atoms with E-state index >= 15 is 0 Å². The van der Waals surface area contributed by atoms with Gasteiger partial charge in [0.25, 0.3) is 0 Å². The zero-order chi connectivity index (χ0) is 17.9. The van der Waals surface area contributed by atoms with Crippen molar-refractivity contribution in [1.82, 2.24) is 9.97 Å². The van der Waals surface area contributed by atoms with E-state index in [1.165, 1.54) is 22.4 Å². The predicted molar refractivity (Wildman–Crippen MR) is 103 cm³/mol. The van der Waals surface area contributed by atoms with Gasteiger partial charge in [-0.15, -0.1) is 11.3 Å². The maximum absolute atomic E-state index is 13.0. The van der Waals surface area contributed by atoms with Crippen LogP contribution in [0.2, 0.25) is 0 Å². The highest BCUT2D eigenvalue weighted by molar-refractivity contribution is 7.18. The molecule has 136 valence electrons. The Morgan fingerprint density at radius 2 is 1.96 bits per heavy atom. The summed E-state index contributed by atoms with van der Waals surface area (Å²) < 4.78 is 19.0. The average molecular weight is 371 g/mol. The minimum atomic E-state index is -0.210. The molecule has 0 N–H and O–H groups in total. The topological polar surface area (TPSA) is 38.2 Å². The highest BCUT2D eigenvalue weighted by Crippen LogP contribution is 2.32. The minimum absolute atomic E-state index is 0.210. The maximum Gasteiger partial charge on any atom is 0.140 e. The largest absolute Gasteiger partial charge is 0.373 e. The van der Waals surface area contributed by atoms with Gasteiger partial charge in [0.05, 0.1) is 18.1 Å². The first-order valence-electron chi connectivity index (χ1n) is 9.07. The molecule has 4 rings (SSSR count). The average Bonchev–Trinajstić information content (AvgIpc) is 3.11. The van der Waals surface area contributed by atoms with Crippen LogP contribution in [-0.2, 0) is 17.8 Å². The molecule has 1 saturated heterocycles. The lowest BCUT2D eigenvalue weighted by Gasteiger charge is -2.33. The lowest BCUT2D eigenvalue weighted by Crippen LogP contribution is -2.37. The van der Waals surface area contributed by atoms with Gasteiger partial charge in [0.15, 0.2) is 0 Å². The van der Waals surface area contributed by atoms with E-state index in [1.807, 2.05) is 0 Å². The highest BCUT2D eigenvalue weighted by atomic mass is 32.1. The second-order valence-corrected chi connectivity index (χ2v) is 7.72. The summed E-state index contributed by atoms with van der Waals surface area (Å²) in [6.07, 6.45) is 4.88. The van der Waals surface area contributed by atoms with Crippen molar-refractivity contribution in [3.05, 3.63) is 52.9 Å². The highest BCUT2D eigenvalue weighted by Gasteiger charge is 2.22. The molecule has 4 nitrogen and oxygen atoms in total. The number of aryl methyl sites for hydroxylation is 1. The maximum atomic E-state index is 13.0. The van der Waals surface area contributed by atoms with Crippen molar-refractivity contribution in [2.24, 2.45) is 0 Å². The van der Waals surface area contributed by atoms with Crippen LogP contribution in [0.4, 0.5) is 10.2 Å². The van der Waals surface area contributed by atoms with Crippen LogP contribution in [0, 0.1) is 5.82 Å². The number of rotatable bonds is 5. The van der Waals surface area contributed by atoms with E-state index in [2.05, 4.69) is 27.9 Å². The zero-order valence-electron chi connectivity index (χ0n) is 14.8. The molecule has 1 aromatic carbocycles. The number of thiophene rings is 1. The van der Waals surface area contributed by atoms with Crippen molar-refractivity contribution in [2.75, 3.05) is 18.0 Å². The molecule has 0 atom stereocenters. The van der Waals surface area contributed by atoms with Crippen molar-refractivity contribution in [1.29, 1.82) is 0 Å². The number of fused-ring (bicyclic) bond motifs is 1. The molecule has 3 heterocycles. The minimum Gasteiger partial charge on any atom is -0.373 e. The number of ether oxygens (including phenoxy) is 1. The number of hydrogen-bond acceptors (Lipinski definition) is 5. The van der Waals surface area contributed by atoms with Crippen LogP contribution >= 0.6 is 11.3 Å². The van der Waals surface area contributed by atoms with Gasteiger partial charge in [-0.05, 0) is 43.0 Å². The molecule has 2 aromatic heterocycles. The Morgan fingerprint density at radius 3 is 2.69 bits per heavy atom. The lowest BCUT2D eigenvalue weighted by atomic mass is 10.1. The lowest BCUT2D eigenvalue weighted by molar-refractivity contribution is 0.0250. The molecule has 6 heteroatoms. The van der Waals surface area contributed by atoms with Crippen LogP contribution in [0.15, 0.2) is 36.7 Å². The summed E-state index contributed by atoms with van der Waals surface area (Å²) in [5.74, 6) is 0.834. The fourth-order valence-corrected chi connectivity index (χ4v) is 4.28. The Kier molecular flexibility index (Phi) is 5.13. The predicted octanol–water partition coefficient (Wildman–Crippen LogP) is 4.58. The summed E-state index contributed by atoms with van der Waals surface area (Å²) in [5.41, 5.74) is 1.01. The standard InChI is InChI=1S/C20H22FN3OS/c1-2-17-11-18-19(22-13-23-20(18)26-17)24-9-7-16(8-10-24)25-12-14-3-5-15(21)6-4-14/h3-6,11,13,16H,2,7-10,12H2,1H3. The monoisotopic (exact) mass is 371 g/mol. The molecule has 1 fully saturated rings. The van der Waals surface area contributed by atoms with Gasteiger partial charge in [0.2, 0.25) is 0 Å². The van der Waals surface area contributed by atoms with E-state index in [0.717, 1.165) is 48.6 Å². The van der Waals surface area contributed by atoms with Crippen LogP contribution in [0.25, 0.3) is 10.2 Å². The summed E-state index contributed by atoms with van der Waals surface area (Å²) in [5, 5.41) is 1.17. The third-order valence-electron chi connectivity index (χ3n) is 4.85. The number of nitrogens with zero attached hydrogens (tertiary/aromatic N) is 3. The molecule has 0 saturated carbocycles. The van der Waals surface area contributed by atoms with Crippen LogP contribution in [0.5, 0.6) is 0 Å². The molecule has 1 aliphatic heterocycles. The molecule has 0 spiro atoms. The van der Waals surface area contributed by atoms with Gasteiger partial charge in [-0.25, -0.2) is 14.4 Å². The molecule has 0 amide bonds. The van der Waals surface area contributed by atoms with Gasteiger partial charge in [-0.2, -0.15) is 0 Å². The number of anilines is 1. The second-order valence-electron chi connectivity index (χ2n) is 6.61. The molecule has 26 heavy (non-hydrogen) atoms. The second kappa shape index (κ2) is 7.68. The number of hydrogen-bond donors (Lipinski definition) is 0. The molecular weight excluding hydrogens is 349 g/mol. The van der Waals surface area contributed by atoms with E-state index in [4.69, 9.17) is 4.74 Å². The smallest absolute Gasteiger partial charge is 0.140 e. The normalized spacial score (nSPS) is 15.7. The quantitative estimate of drug-likeness (QED) is 0.658. The summed E-state index contributed by atoms with van der Waals surface area (Å²) in [6.45, 7) is 4.56. The van der Waals surface area contributed by atoms with Crippen LogP contribution in [0.3, 0.4) is 0 Å². The first kappa shape index (κ1) is 17.4. The molecule has 1 aliphatic rings. The van der Waals surface area contributed by atoms with Crippen LogP contribution < -0.4 is 4.90 Å². The number of benzene rings is 1. The summed E-state index contributed by atoms with van der Waals surface area (Å²) in [4.78, 5) is 13.7. The third kappa shape index (κ3) is 3.71. The van der Waals surface area contributed by atoms with E-state index in [0.29, 0.717) is 6.61 Å². The Labute approximate surface area is 156 Å². The van der Waals surface area contributed by atoms with E-state index in [-0.39, 0.29) is 11.9 Å². The van der Waals surface area contributed by atoms with Crippen LogP contribution in [-0.4, -0.2) is 29.2 Å². The van der Waals surface area contributed by atoms with Crippen molar-refractivity contribution < 1.29 is 9.13 Å². The Balaban J connectivity index is 1.37. The number of halogens is 1. The van der Waals surface area contributed by atoms with Gasteiger partial charge >= 0.3 is 0 Å². The molecular formula is C20H22FN3OS. The molecule has 0 bridgehead atoms. The van der Waals surface area contributed by atoms with Crippen LogP contribution in [0.1, 0.15) is 30.2 Å². The van der Waals surface area contributed by atoms with Gasteiger partial charge in [-0.3, -0.25) is 0 Å². The van der Waals surface area contributed by atoms with Crippen molar-refractivity contribution in [3.8, 4) is 0 Å². The summed E-state index contributed by atoms with van der Waals surface area (Å²) >= 11 is 1.75. The Hall–Kier alpha value is -2.05. The number of piperidine rings is 1. The fourth-order valence-electron chi connectivity index (χ4n) is 3.35. The van der Waals surface area contributed by atoms with Crippen molar-refractivity contribution in [3.63, 3.8) is 0 Å². The molecule has 0 aliphatic carbocycles. The van der Waals surface area contributed by atoms with E-state index < -0.39 is 0 Å². The van der Waals surface area contributed by atoms with Crippen molar-refractivity contribution in [2.45, 2.75) is 38.9 Å². The van der Waals surface area contributed by atoms with E-state index in [1.54, 1.807) is 29.8 Å². The molecule has 3 aromatic rings. The third-order valence-corrected chi connectivity index (χ3v) is 6.04. The molecule has 0 unspecified atom stereocenters. The van der Waals surface area contributed by atoms with Gasteiger partial charge < -0.3 is 9.64 Å². The van der Waals surface area contributed by atoms with Gasteiger partial charge in [0, 0.05) is 18.0 Å². The molecule has 0 radical (unpaired) electrons. The first-order valence-corrected chi connectivity index (χ1v) is 9.89. The first-order chi connectivity index (χ1) is 12.7. The van der Waals surface area contributed by atoms with E-state index in [9.17, 15) is 4.39 Å². The summed E-state index contributed by atoms with van der Waals surface area (Å²) in [7, 11) is 0. The SMILES string of the molecule is CCc1cc2c(N3CCC(OCc4ccc(F)cc4)CC3)ncnc2s1. The Bertz CT molecular complexity index is 872. The fraction of sp³-hybridized carbons (Fsp3) is 0.400. The van der Waals surface area contributed by atoms with Gasteiger partial charge in [-0.1, -0.05) is 19.1 Å². The van der Waals surface area contributed by atoms with Crippen molar-refractivity contribution >= 4 is 27.4 Å². The number of aromatic nitrogens is 2. The summed E-state index contributed by atoms with van der Waals surface area (Å²) in [6, 6.07) is 8.75.